The summed E-state index contributed by atoms with van der Waals surface area (Å²) in [5.74, 6) is 1.14. The minimum absolute atomic E-state index is 0.00806. The lowest BCUT2D eigenvalue weighted by Gasteiger charge is -2.36. The molecule has 2 heterocycles. The van der Waals surface area contributed by atoms with Crippen molar-refractivity contribution in [1.82, 2.24) is 9.80 Å². The highest BCUT2D eigenvalue weighted by atomic mass is 16.5. The molecule has 1 aromatic carbocycles. The molecule has 142 valence electrons. The van der Waals surface area contributed by atoms with E-state index in [1.54, 1.807) is 12.0 Å². The molecule has 0 aromatic heterocycles. The summed E-state index contributed by atoms with van der Waals surface area (Å²) < 4.78 is 5.37. The summed E-state index contributed by atoms with van der Waals surface area (Å²) in [6.45, 7) is 9.29. The van der Waals surface area contributed by atoms with E-state index < -0.39 is 0 Å². The number of nitrogens with zero attached hydrogens (tertiary/aromatic N) is 3. The van der Waals surface area contributed by atoms with Crippen LogP contribution in [0.3, 0.4) is 0 Å². The fourth-order valence-electron chi connectivity index (χ4n) is 3.88. The molecule has 0 aliphatic carbocycles. The first-order valence-corrected chi connectivity index (χ1v) is 9.44. The van der Waals surface area contributed by atoms with Gasteiger partial charge in [0.25, 0.3) is 0 Å². The molecule has 1 unspecified atom stereocenters. The first kappa shape index (κ1) is 18.7. The maximum Gasteiger partial charge on any atom is 0.228 e. The monoisotopic (exact) mass is 359 g/mol. The van der Waals surface area contributed by atoms with Gasteiger partial charge >= 0.3 is 0 Å². The first-order valence-electron chi connectivity index (χ1n) is 9.44. The molecular weight excluding hydrogens is 330 g/mol. The Bertz CT molecular complexity index is 653. The van der Waals surface area contributed by atoms with E-state index in [1.165, 1.54) is 0 Å². The van der Waals surface area contributed by atoms with E-state index in [1.807, 2.05) is 29.2 Å². The van der Waals surface area contributed by atoms with Gasteiger partial charge in [-0.1, -0.05) is 26.0 Å². The summed E-state index contributed by atoms with van der Waals surface area (Å²) in [6.07, 6.45) is 0.281. The number of ether oxygens (including phenoxy) is 1. The van der Waals surface area contributed by atoms with Crippen molar-refractivity contribution in [2.45, 2.75) is 20.3 Å². The number of carbonyl (C=O) groups is 2. The fourth-order valence-corrected chi connectivity index (χ4v) is 3.88. The summed E-state index contributed by atoms with van der Waals surface area (Å²) in [7, 11) is 1.60. The third-order valence-electron chi connectivity index (χ3n) is 5.16. The molecule has 0 bridgehead atoms. The smallest absolute Gasteiger partial charge is 0.228 e. The Morgan fingerprint density at radius 3 is 2.54 bits per heavy atom. The van der Waals surface area contributed by atoms with Crippen LogP contribution in [0.2, 0.25) is 0 Å². The van der Waals surface area contributed by atoms with E-state index in [-0.39, 0.29) is 24.2 Å². The molecule has 1 aromatic rings. The molecule has 0 N–H and O–H groups in total. The summed E-state index contributed by atoms with van der Waals surface area (Å²) >= 11 is 0. The molecule has 2 amide bonds. The number of methoxy groups -OCH3 is 1. The van der Waals surface area contributed by atoms with Crippen LogP contribution < -0.4 is 9.64 Å². The zero-order chi connectivity index (χ0) is 18.7. The van der Waals surface area contributed by atoms with Gasteiger partial charge in [0.1, 0.15) is 5.75 Å². The number of carbonyl (C=O) groups excluding carboxylic acids is 2. The lowest BCUT2D eigenvalue weighted by atomic mass is 10.1. The highest BCUT2D eigenvalue weighted by Crippen LogP contribution is 2.33. The normalized spacial score (nSPS) is 21.5. The maximum absolute atomic E-state index is 12.9. The average molecular weight is 359 g/mol. The van der Waals surface area contributed by atoms with Crippen molar-refractivity contribution >= 4 is 17.5 Å². The number of benzene rings is 1. The van der Waals surface area contributed by atoms with Gasteiger partial charge < -0.3 is 14.5 Å². The third kappa shape index (κ3) is 4.01. The first-order chi connectivity index (χ1) is 12.5. The van der Waals surface area contributed by atoms with Crippen LogP contribution in [0.1, 0.15) is 20.3 Å². The fraction of sp³-hybridized carbons (Fsp3) is 0.600. The summed E-state index contributed by atoms with van der Waals surface area (Å²) in [5.41, 5.74) is 0.747. The Morgan fingerprint density at radius 2 is 1.88 bits per heavy atom. The van der Waals surface area contributed by atoms with Gasteiger partial charge in [-0.3, -0.25) is 14.5 Å². The molecule has 0 saturated carbocycles. The van der Waals surface area contributed by atoms with E-state index in [0.717, 1.165) is 38.4 Å². The lowest BCUT2D eigenvalue weighted by Crippen LogP contribution is -2.51. The molecule has 2 saturated heterocycles. The highest BCUT2D eigenvalue weighted by Gasteiger charge is 2.38. The minimum Gasteiger partial charge on any atom is -0.495 e. The Morgan fingerprint density at radius 1 is 1.19 bits per heavy atom. The summed E-state index contributed by atoms with van der Waals surface area (Å²) in [5, 5.41) is 0. The number of hydrogen-bond donors (Lipinski definition) is 0. The predicted octanol–water partition coefficient (Wildman–Crippen LogP) is 1.85. The van der Waals surface area contributed by atoms with E-state index in [0.29, 0.717) is 18.2 Å². The standard InChI is InChI=1S/C20H29N3O3/c1-15(2)13-21-8-10-22(11-9-21)20(25)16-12-19(24)23(14-16)17-6-4-5-7-18(17)26-3/h4-7,15-16H,8-14H2,1-3H3. The Labute approximate surface area is 155 Å². The summed E-state index contributed by atoms with van der Waals surface area (Å²) in [4.78, 5) is 31.4. The van der Waals surface area contributed by atoms with Gasteiger partial charge in [0.05, 0.1) is 18.7 Å². The van der Waals surface area contributed by atoms with E-state index in [2.05, 4.69) is 18.7 Å². The second kappa shape index (κ2) is 8.08. The average Bonchev–Trinajstić information content (AvgIpc) is 3.02. The number of piperazine rings is 1. The molecule has 2 fully saturated rings. The molecule has 26 heavy (non-hydrogen) atoms. The van der Waals surface area contributed by atoms with Crippen LogP contribution in [0.15, 0.2) is 24.3 Å². The van der Waals surface area contributed by atoms with Crippen LogP contribution >= 0.6 is 0 Å². The Hall–Kier alpha value is -2.08. The molecule has 0 radical (unpaired) electrons. The van der Waals surface area contributed by atoms with Crippen molar-refractivity contribution in [3.63, 3.8) is 0 Å². The number of para-hydroxylation sites is 2. The summed E-state index contributed by atoms with van der Waals surface area (Å²) in [6, 6.07) is 7.47. The SMILES string of the molecule is COc1ccccc1N1CC(C(=O)N2CCN(CC(C)C)CC2)CC1=O. The van der Waals surface area contributed by atoms with Gasteiger partial charge in [-0.25, -0.2) is 0 Å². The molecule has 3 rings (SSSR count). The second-order valence-electron chi connectivity index (χ2n) is 7.60. The van der Waals surface area contributed by atoms with E-state index >= 15 is 0 Å². The highest BCUT2D eigenvalue weighted by molar-refractivity contribution is 6.01. The predicted molar refractivity (Wildman–Crippen MR) is 101 cm³/mol. The molecular formula is C20H29N3O3. The molecule has 6 heteroatoms. The molecule has 6 nitrogen and oxygen atoms in total. The van der Waals surface area contributed by atoms with Gasteiger partial charge in [0.2, 0.25) is 11.8 Å². The number of rotatable bonds is 5. The van der Waals surface area contributed by atoms with Gasteiger partial charge in [0.15, 0.2) is 0 Å². The zero-order valence-electron chi connectivity index (χ0n) is 16.0. The Balaban J connectivity index is 1.61. The molecule has 0 spiro atoms. The molecule has 2 aliphatic heterocycles. The van der Waals surface area contributed by atoms with Crippen molar-refractivity contribution in [3.05, 3.63) is 24.3 Å². The quantitative estimate of drug-likeness (QED) is 0.805. The van der Waals surface area contributed by atoms with Crippen LogP contribution in [0, 0.1) is 11.8 Å². The van der Waals surface area contributed by atoms with Gasteiger partial charge in [-0.05, 0) is 18.1 Å². The maximum atomic E-state index is 12.9. The topological polar surface area (TPSA) is 53.1 Å². The van der Waals surface area contributed by atoms with Crippen LogP contribution in [-0.4, -0.2) is 68.0 Å². The van der Waals surface area contributed by atoms with Gasteiger partial charge in [0, 0.05) is 45.7 Å². The van der Waals surface area contributed by atoms with Crippen molar-refractivity contribution < 1.29 is 14.3 Å². The van der Waals surface area contributed by atoms with Crippen molar-refractivity contribution in [2.24, 2.45) is 11.8 Å². The molecule has 2 aliphatic rings. The van der Waals surface area contributed by atoms with Crippen molar-refractivity contribution in [2.75, 3.05) is 51.3 Å². The lowest BCUT2D eigenvalue weighted by molar-refractivity contribution is -0.137. The van der Waals surface area contributed by atoms with Gasteiger partial charge in [-0.15, -0.1) is 0 Å². The number of hydrogen-bond acceptors (Lipinski definition) is 4. The molecule has 1 atom stereocenters. The van der Waals surface area contributed by atoms with Crippen molar-refractivity contribution in [1.29, 1.82) is 0 Å². The van der Waals surface area contributed by atoms with Crippen molar-refractivity contribution in [3.8, 4) is 5.75 Å². The second-order valence-corrected chi connectivity index (χ2v) is 7.60. The van der Waals surface area contributed by atoms with Crippen LogP contribution in [-0.2, 0) is 9.59 Å². The minimum atomic E-state index is -0.260. The van der Waals surface area contributed by atoms with Crippen LogP contribution in [0.5, 0.6) is 5.75 Å². The largest absolute Gasteiger partial charge is 0.495 e. The third-order valence-corrected chi connectivity index (χ3v) is 5.16. The van der Waals surface area contributed by atoms with Crippen LogP contribution in [0.4, 0.5) is 5.69 Å². The van der Waals surface area contributed by atoms with Gasteiger partial charge in [-0.2, -0.15) is 0 Å². The Kier molecular flexibility index (Phi) is 5.81. The van der Waals surface area contributed by atoms with E-state index in [9.17, 15) is 9.59 Å². The number of anilines is 1. The number of amides is 2. The van der Waals surface area contributed by atoms with E-state index in [4.69, 9.17) is 4.74 Å². The zero-order valence-corrected chi connectivity index (χ0v) is 16.0. The van der Waals surface area contributed by atoms with Crippen LogP contribution in [0.25, 0.3) is 0 Å².